The molecule has 30 heavy (non-hydrogen) atoms. The maximum Gasteiger partial charge on any atom is 0.324 e. The van der Waals surface area contributed by atoms with Crippen molar-refractivity contribution in [1.82, 2.24) is 15.2 Å². The Labute approximate surface area is 177 Å². The third-order valence-corrected chi connectivity index (χ3v) is 5.68. The lowest BCUT2D eigenvalue weighted by atomic mass is 10.0. The van der Waals surface area contributed by atoms with Crippen molar-refractivity contribution in [2.24, 2.45) is 0 Å². The van der Waals surface area contributed by atoms with Gasteiger partial charge in [0.25, 0.3) is 5.91 Å². The summed E-state index contributed by atoms with van der Waals surface area (Å²) >= 11 is 1.35. The summed E-state index contributed by atoms with van der Waals surface area (Å²) in [5, 5.41) is 7.72. The Bertz CT molecular complexity index is 1140. The zero-order valence-corrected chi connectivity index (χ0v) is 17.4. The number of urea groups is 1. The van der Waals surface area contributed by atoms with E-state index in [9.17, 15) is 14.4 Å². The topological polar surface area (TPSA) is 91.4 Å². The van der Waals surface area contributed by atoms with Gasteiger partial charge in [0.05, 0.1) is 18.8 Å². The van der Waals surface area contributed by atoms with Gasteiger partial charge in [-0.05, 0) is 37.1 Å². The summed E-state index contributed by atoms with van der Waals surface area (Å²) in [5.74, 6) is -0.646. The summed E-state index contributed by atoms with van der Waals surface area (Å²) in [6, 6.07) is 12.6. The van der Waals surface area contributed by atoms with Gasteiger partial charge in [0.2, 0.25) is 5.91 Å². The van der Waals surface area contributed by atoms with Gasteiger partial charge in [-0.25, -0.2) is 9.78 Å². The van der Waals surface area contributed by atoms with Crippen molar-refractivity contribution >= 4 is 34.3 Å². The molecule has 152 valence electrons. The molecule has 8 heteroatoms. The fraction of sp³-hybridized carbons (Fsp3) is 0.182. The molecule has 4 amide bonds. The van der Waals surface area contributed by atoms with E-state index < -0.39 is 6.03 Å². The molecule has 2 aromatic carbocycles. The second kappa shape index (κ2) is 8.08. The molecule has 1 aliphatic rings. The monoisotopic (exact) mass is 420 g/mol. The van der Waals surface area contributed by atoms with Crippen LogP contribution in [0, 0.1) is 13.8 Å². The van der Waals surface area contributed by atoms with E-state index in [1.165, 1.54) is 11.3 Å². The SMILES string of the molecule is Cc1ccc(C)c(-c2csc(NC(=O)c3ccccc3CN3C(=O)CNC3=O)n2)c1. The lowest BCUT2D eigenvalue weighted by Crippen LogP contribution is -2.31. The number of anilines is 1. The molecular formula is C22H20N4O3S. The molecule has 0 atom stereocenters. The molecule has 2 heterocycles. The number of imide groups is 1. The average molecular weight is 420 g/mol. The molecular weight excluding hydrogens is 400 g/mol. The first-order valence-electron chi connectivity index (χ1n) is 9.43. The first kappa shape index (κ1) is 19.8. The van der Waals surface area contributed by atoms with E-state index in [-0.39, 0.29) is 24.9 Å². The van der Waals surface area contributed by atoms with Crippen LogP contribution in [0.5, 0.6) is 0 Å². The largest absolute Gasteiger partial charge is 0.329 e. The van der Waals surface area contributed by atoms with Crippen molar-refractivity contribution in [2.45, 2.75) is 20.4 Å². The quantitative estimate of drug-likeness (QED) is 0.615. The molecule has 2 N–H and O–H groups in total. The van der Waals surface area contributed by atoms with E-state index in [1.54, 1.807) is 24.3 Å². The number of benzene rings is 2. The van der Waals surface area contributed by atoms with Gasteiger partial charge in [0, 0.05) is 16.5 Å². The second-order valence-electron chi connectivity index (χ2n) is 7.11. The van der Waals surface area contributed by atoms with Crippen LogP contribution in [0.2, 0.25) is 0 Å². The van der Waals surface area contributed by atoms with Gasteiger partial charge in [0.15, 0.2) is 5.13 Å². The van der Waals surface area contributed by atoms with E-state index >= 15 is 0 Å². The number of nitrogens with zero attached hydrogens (tertiary/aromatic N) is 2. The number of carbonyl (C=O) groups is 3. The summed E-state index contributed by atoms with van der Waals surface area (Å²) in [4.78, 5) is 42.3. The fourth-order valence-corrected chi connectivity index (χ4v) is 4.00. The van der Waals surface area contributed by atoms with Crippen LogP contribution >= 0.6 is 11.3 Å². The molecule has 1 aromatic heterocycles. The molecule has 1 aliphatic heterocycles. The maximum atomic E-state index is 12.9. The Morgan fingerprint density at radius 2 is 2.00 bits per heavy atom. The Kier molecular flexibility index (Phi) is 5.33. The summed E-state index contributed by atoms with van der Waals surface area (Å²) in [7, 11) is 0. The van der Waals surface area contributed by atoms with Crippen LogP contribution in [0.3, 0.4) is 0 Å². The molecule has 0 saturated carbocycles. The minimum Gasteiger partial charge on any atom is -0.329 e. The molecule has 0 unspecified atom stereocenters. The van der Waals surface area contributed by atoms with Crippen molar-refractivity contribution in [2.75, 3.05) is 11.9 Å². The highest BCUT2D eigenvalue weighted by molar-refractivity contribution is 7.14. The van der Waals surface area contributed by atoms with Gasteiger partial charge in [0.1, 0.15) is 0 Å². The van der Waals surface area contributed by atoms with Crippen LogP contribution in [0.4, 0.5) is 9.93 Å². The molecule has 0 spiro atoms. The van der Waals surface area contributed by atoms with E-state index in [0.717, 1.165) is 27.3 Å². The van der Waals surface area contributed by atoms with Crippen LogP contribution in [-0.2, 0) is 11.3 Å². The van der Waals surface area contributed by atoms with Gasteiger partial charge in [-0.15, -0.1) is 11.3 Å². The average Bonchev–Trinajstić information content (AvgIpc) is 3.32. The van der Waals surface area contributed by atoms with Gasteiger partial charge in [-0.2, -0.15) is 0 Å². The number of aryl methyl sites for hydroxylation is 2. The van der Waals surface area contributed by atoms with Crippen LogP contribution in [0.1, 0.15) is 27.0 Å². The second-order valence-corrected chi connectivity index (χ2v) is 7.96. The summed E-state index contributed by atoms with van der Waals surface area (Å²) in [5.41, 5.74) is 5.08. The lowest BCUT2D eigenvalue weighted by molar-refractivity contribution is -0.125. The van der Waals surface area contributed by atoms with Crippen molar-refractivity contribution in [3.8, 4) is 11.3 Å². The van der Waals surface area contributed by atoms with Gasteiger partial charge in [-0.3, -0.25) is 19.8 Å². The first-order valence-corrected chi connectivity index (χ1v) is 10.3. The highest BCUT2D eigenvalue weighted by Gasteiger charge is 2.29. The lowest BCUT2D eigenvalue weighted by Gasteiger charge is -2.15. The minimum absolute atomic E-state index is 0.0204. The number of carbonyl (C=O) groups excluding carboxylic acids is 3. The zero-order chi connectivity index (χ0) is 21.3. The molecule has 1 saturated heterocycles. The summed E-state index contributed by atoms with van der Waals surface area (Å²) < 4.78 is 0. The molecule has 7 nitrogen and oxygen atoms in total. The number of aromatic nitrogens is 1. The highest BCUT2D eigenvalue weighted by atomic mass is 32.1. The molecule has 0 radical (unpaired) electrons. The first-order chi connectivity index (χ1) is 14.4. The predicted molar refractivity (Wildman–Crippen MR) is 115 cm³/mol. The van der Waals surface area contributed by atoms with Crippen LogP contribution in [0.25, 0.3) is 11.3 Å². The van der Waals surface area contributed by atoms with Gasteiger partial charge < -0.3 is 5.32 Å². The van der Waals surface area contributed by atoms with Gasteiger partial charge in [-0.1, -0.05) is 35.9 Å². The number of amides is 4. The van der Waals surface area contributed by atoms with E-state index in [2.05, 4.69) is 27.8 Å². The number of hydrogen-bond donors (Lipinski definition) is 2. The highest BCUT2D eigenvalue weighted by Crippen LogP contribution is 2.28. The molecule has 3 aromatic rings. The standard InChI is InChI=1S/C22H20N4O3S/c1-13-7-8-14(2)17(9-13)18-12-30-21(24-18)25-20(28)16-6-4-3-5-15(16)11-26-19(27)10-23-22(26)29/h3-9,12H,10-11H2,1-2H3,(H,23,29)(H,24,25,28). The maximum absolute atomic E-state index is 12.9. The Morgan fingerprint density at radius 3 is 2.77 bits per heavy atom. The molecule has 0 bridgehead atoms. The molecule has 1 fully saturated rings. The Balaban J connectivity index is 1.54. The normalized spacial score (nSPS) is 13.5. The molecule has 0 aliphatic carbocycles. The number of hydrogen-bond acceptors (Lipinski definition) is 5. The van der Waals surface area contributed by atoms with Crippen molar-refractivity contribution < 1.29 is 14.4 Å². The van der Waals surface area contributed by atoms with Gasteiger partial charge >= 0.3 is 6.03 Å². The summed E-state index contributed by atoms with van der Waals surface area (Å²) in [6.07, 6.45) is 0. The summed E-state index contributed by atoms with van der Waals surface area (Å²) in [6.45, 7) is 4.08. The fourth-order valence-electron chi connectivity index (χ4n) is 3.30. The van der Waals surface area contributed by atoms with Crippen LogP contribution in [-0.4, -0.2) is 34.3 Å². The number of thiazole rings is 1. The zero-order valence-electron chi connectivity index (χ0n) is 16.6. The van der Waals surface area contributed by atoms with E-state index in [4.69, 9.17) is 0 Å². The predicted octanol–water partition coefficient (Wildman–Crippen LogP) is 3.73. The third kappa shape index (κ3) is 3.95. The number of nitrogens with one attached hydrogen (secondary N) is 2. The third-order valence-electron chi connectivity index (χ3n) is 4.92. The Morgan fingerprint density at radius 1 is 1.20 bits per heavy atom. The Hall–Kier alpha value is -3.52. The van der Waals surface area contributed by atoms with E-state index in [0.29, 0.717) is 16.3 Å². The molecule has 4 rings (SSSR count). The van der Waals surface area contributed by atoms with Crippen molar-refractivity contribution in [3.05, 3.63) is 70.1 Å². The minimum atomic E-state index is -0.451. The van der Waals surface area contributed by atoms with Crippen molar-refractivity contribution in [3.63, 3.8) is 0 Å². The number of rotatable bonds is 5. The van der Waals surface area contributed by atoms with Crippen LogP contribution < -0.4 is 10.6 Å². The van der Waals surface area contributed by atoms with Crippen LogP contribution in [0.15, 0.2) is 47.8 Å². The smallest absolute Gasteiger partial charge is 0.324 e. The van der Waals surface area contributed by atoms with Crippen molar-refractivity contribution in [1.29, 1.82) is 0 Å². The van der Waals surface area contributed by atoms with E-state index in [1.807, 2.05) is 25.3 Å².